The molecular formula is C5H11Hg2NaO3S3. The van der Waals surface area contributed by atoms with E-state index in [0.29, 0.717) is 0 Å². The van der Waals surface area contributed by atoms with Crippen LogP contribution in [0.25, 0.3) is 0 Å². The molecule has 1 atom stereocenters. The van der Waals surface area contributed by atoms with Crippen molar-refractivity contribution in [2.45, 2.75) is 14.1 Å². The molecule has 0 amide bonds. The van der Waals surface area contributed by atoms with Crippen LogP contribution in [0.5, 0.6) is 0 Å². The molecule has 3 nitrogen and oxygen atoms in total. The standard InChI is InChI=1S/C3H8O3S3.2CH3.2Hg.Na/c4-9(5,6)2-3(8)1-7;;;;;/h3,7-8H,1-2H2,(H,4,5,6);2*1H3;;;/q;;;3*+1/p-3. The quantitative estimate of drug-likeness (QED) is 0.250. The van der Waals surface area contributed by atoms with Gasteiger partial charge in [-0.25, -0.2) is 0 Å². The van der Waals surface area contributed by atoms with E-state index in [4.69, 9.17) is 0 Å². The molecule has 0 aromatic heterocycles. The van der Waals surface area contributed by atoms with Crippen molar-refractivity contribution in [1.82, 2.24) is 0 Å². The van der Waals surface area contributed by atoms with Crippen molar-refractivity contribution in [3.05, 3.63) is 0 Å². The zero-order chi connectivity index (χ0) is 10.3. The summed E-state index contributed by atoms with van der Waals surface area (Å²) in [6.07, 6.45) is 0. The minimum absolute atomic E-state index is 0. The third-order valence-corrected chi connectivity index (χ3v) is 21.6. The largest absolute Gasteiger partial charge is 1.00 e. The van der Waals surface area contributed by atoms with Crippen LogP contribution < -0.4 is 29.6 Å². The van der Waals surface area contributed by atoms with E-state index in [-0.39, 0.29) is 40.6 Å². The second-order valence-corrected chi connectivity index (χ2v) is 28.9. The fourth-order valence-electron chi connectivity index (χ4n) is 0.857. The first-order chi connectivity index (χ1) is 5.99. The van der Waals surface area contributed by atoms with Crippen molar-refractivity contribution >= 4 is 26.6 Å². The number of hydrogen-bond donors (Lipinski definition) is 0. The number of hydrogen-bond acceptors (Lipinski definition) is 5. The van der Waals surface area contributed by atoms with E-state index in [1.54, 1.807) is 8.24 Å². The molecule has 0 bridgehead atoms. The molecule has 1 unspecified atom stereocenters. The van der Waals surface area contributed by atoms with Crippen LogP contribution in [0.1, 0.15) is 0 Å². The first-order valence-electron chi connectivity index (χ1n) is 4.12. The summed E-state index contributed by atoms with van der Waals surface area (Å²) in [6, 6.07) is 0. The maximum Gasteiger partial charge on any atom is 1.00 e. The smallest absolute Gasteiger partial charge is 1.00 e. The van der Waals surface area contributed by atoms with Gasteiger partial charge < -0.3 is 0 Å². The molecule has 0 N–H and O–H groups in total. The Morgan fingerprint density at radius 3 is 2.29 bits per heavy atom. The van der Waals surface area contributed by atoms with Gasteiger partial charge in [0.2, 0.25) is 0 Å². The van der Waals surface area contributed by atoms with E-state index >= 15 is 0 Å². The Morgan fingerprint density at radius 1 is 1.36 bits per heavy atom. The van der Waals surface area contributed by atoms with E-state index < -0.39 is 56.2 Å². The Hall–Kier alpha value is 3.48. The van der Waals surface area contributed by atoms with E-state index in [2.05, 4.69) is 8.86 Å². The van der Waals surface area contributed by atoms with Crippen LogP contribution >= 0.6 is 16.5 Å². The summed E-state index contributed by atoms with van der Waals surface area (Å²) in [5.41, 5.74) is 0. The van der Waals surface area contributed by atoms with Gasteiger partial charge in [-0.05, 0) is 0 Å². The average molecular weight is 640 g/mol. The molecule has 9 heteroatoms. The van der Waals surface area contributed by atoms with E-state index in [9.17, 15) is 13.0 Å². The molecule has 0 fully saturated rings. The maximum absolute atomic E-state index is 10.5. The van der Waals surface area contributed by atoms with Gasteiger partial charge in [-0.3, -0.25) is 0 Å². The van der Waals surface area contributed by atoms with E-state index in [0.717, 1.165) is 5.75 Å². The molecule has 0 saturated carbocycles. The fourth-order valence-corrected chi connectivity index (χ4v) is 24.5. The van der Waals surface area contributed by atoms with Gasteiger partial charge in [0.25, 0.3) is 0 Å². The summed E-state index contributed by atoms with van der Waals surface area (Å²) in [5, 5.41) is 0.110. The third-order valence-electron chi connectivity index (χ3n) is 1.30. The summed E-state index contributed by atoms with van der Waals surface area (Å²) in [6.45, 7) is 0. The monoisotopic (exact) mass is 642 g/mol. The normalized spacial score (nSPS) is 12.2. The Labute approximate surface area is 138 Å². The van der Waals surface area contributed by atoms with Gasteiger partial charge in [0.05, 0.1) is 0 Å². The molecule has 14 heavy (non-hydrogen) atoms. The topological polar surface area (TPSA) is 57.2 Å². The van der Waals surface area contributed by atoms with Crippen LogP contribution in [0.3, 0.4) is 0 Å². The molecule has 0 aliphatic rings. The second-order valence-electron chi connectivity index (χ2n) is 2.46. The van der Waals surface area contributed by atoms with Crippen LogP contribution in [-0.2, 0) is 56.2 Å². The third kappa shape index (κ3) is 13.5. The summed E-state index contributed by atoms with van der Waals surface area (Å²) in [7, 11) is -0.268. The zero-order valence-corrected chi connectivity index (χ0v) is 24.3. The molecule has 0 spiro atoms. The predicted molar refractivity (Wildman–Crippen MR) is 50.1 cm³/mol. The fraction of sp³-hybridized carbons (Fsp3) is 1.00. The minimum Gasteiger partial charge on any atom is 1.00 e. The Morgan fingerprint density at radius 2 is 1.93 bits per heavy atom. The van der Waals surface area contributed by atoms with Crippen molar-refractivity contribution in [2.24, 2.45) is 0 Å². The molecule has 0 heterocycles. The van der Waals surface area contributed by atoms with Crippen molar-refractivity contribution < 1.29 is 88.6 Å². The molecule has 0 aromatic carbocycles. The van der Waals surface area contributed by atoms with Crippen molar-refractivity contribution in [1.29, 1.82) is 0 Å². The molecule has 72 valence electrons. The SMILES string of the molecule is [CH3][Hg][S]CC(CS(=O)(=O)[O-])[S][Hg][CH3].[Na+]. The molecule has 0 saturated heterocycles. The van der Waals surface area contributed by atoms with Gasteiger partial charge in [0.15, 0.2) is 0 Å². The van der Waals surface area contributed by atoms with Gasteiger partial charge >= 0.3 is 141 Å². The molecular weight excluding hydrogens is 628 g/mol. The second kappa shape index (κ2) is 11.6. The average Bonchev–Trinajstić information content (AvgIpc) is 1.98. The molecule has 0 rings (SSSR count). The summed E-state index contributed by atoms with van der Waals surface area (Å²) >= 11 is -1.55. The van der Waals surface area contributed by atoms with Crippen LogP contribution in [-0.4, -0.2) is 29.7 Å². The van der Waals surface area contributed by atoms with E-state index in [1.807, 2.05) is 8.24 Å². The summed E-state index contributed by atoms with van der Waals surface area (Å²) in [4.78, 5) is 0. The zero-order valence-electron chi connectivity index (χ0n) is 8.86. The van der Waals surface area contributed by atoms with Crippen LogP contribution in [0.4, 0.5) is 0 Å². The van der Waals surface area contributed by atoms with Gasteiger partial charge in [-0.1, -0.05) is 0 Å². The van der Waals surface area contributed by atoms with Crippen molar-refractivity contribution in [2.75, 3.05) is 11.5 Å². The first kappa shape index (κ1) is 19.8. The van der Waals surface area contributed by atoms with Crippen LogP contribution in [0.2, 0.25) is 8.86 Å². The minimum atomic E-state index is -4.00. The van der Waals surface area contributed by atoms with Crippen LogP contribution in [0, 0.1) is 0 Å². The molecule has 0 radical (unpaired) electrons. The Bertz CT molecular complexity index is 224. The summed E-state index contributed by atoms with van der Waals surface area (Å²) < 4.78 is 36.1. The van der Waals surface area contributed by atoms with Crippen molar-refractivity contribution in [3.63, 3.8) is 0 Å². The predicted octanol–water partition coefficient (Wildman–Crippen LogP) is -1.54. The molecule has 0 aliphatic heterocycles. The molecule has 0 aromatic rings. The Balaban J connectivity index is 0. The van der Waals surface area contributed by atoms with Gasteiger partial charge in [0.1, 0.15) is 0 Å². The van der Waals surface area contributed by atoms with Gasteiger partial charge in [-0.15, -0.1) is 0 Å². The number of rotatable bonds is 7. The van der Waals surface area contributed by atoms with Crippen LogP contribution in [0.15, 0.2) is 0 Å². The molecule has 0 aliphatic carbocycles. The van der Waals surface area contributed by atoms with E-state index in [1.165, 1.54) is 0 Å². The first-order valence-corrected chi connectivity index (χ1v) is 32.4. The maximum atomic E-state index is 10.5. The summed E-state index contributed by atoms with van der Waals surface area (Å²) in [5.74, 6) is 0.754. The van der Waals surface area contributed by atoms with Crippen molar-refractivity contribution in [3.8, 4) is 0 Å². The van der Waals surface area contributed by atoms with Gasteiger partial charge in [0, 0.05) is 0 Å². The van der Waals surface area contributed by atoms with Gasteiger partial charge in [-0.2, -0.15) is 0 Å². The Kier molecular flexibility index (Phi) is 16.4.